The molecule has 1 aliphatic rings. The Morgan fingerprint density at radius 2 is 1.89 bits per heavy atom. The van der Waals surface area contributed by atoms with E-state index in [9.17, 15) is 0 Å². The second-order valence-corrected chi connectivity index (χ2v) is 5.75. The maximum atomic E-state index is 6.37. The van der Waals surface area contributed by atoms with E-state index in [0.717, 1.165) is 24.7 Å². The van der Waals surface area contributed by atoms with Crippen molar-refractivity contribution >= 4 is 0 Å². The molecule has 1 aromatic rings. The van der Waals surface area contributed by atoms with E-state index in [1.807, 2.05) is 12.4 Å². The number of hydrogen-bond donors (Lipinski definition) is 1. The standard InChI is InChI=1S/C16H26N2/c1-2-13-3-6-15(7-4-13)16(17)8-5-14-9-11-18-12-10-14/h9-13,15-16H,2-8,17H2,1H3. The first kappa shape index (κ1) is 13.5. The molecule has 2 rings (SSSR count). The molecule has 18 heavy (non-hydrogen) atoms. The Morgan fingerprint density at radius 3 is 2.50 bits per heavy atom. The van der Waals surface area contributed by atoms with Gasteiger partial charge in [-0.25, -0.2) is 0 Å². The normalized spacial score (nSPS) is 25.9. The van der Waals surface area contributed by atoms with Gasteiger partial charge >= 0.3 is 0 Å². The van der Waals surface area contributed by atoms with Crippen LogP contribution in [0.2, 0.25) is 0 Å². The summed E-state index contributed by atoms with van der Waals surface area (Å²) in [6.07, 6.45) is 12.8. The summed E-state index contributed by atoms with van der Waals surface area (Å²) in [6.45, 7) is 2.31. The van der Waals surface area contributed by atoms with Crippen LogP contribution in [0.25, 0.3) is 0 Å². The number of rotatable bonds is 5. The van der Waals surface area contributed by atoms with Crippen LogP contribution in [-0.2, 0) is 6.42 Å². The molecule has 2 nitrogen and oxygen atoms in total. The van der Waals surface area contributed by atoms with Crippen LogP contribution in [0.5, 0.6) is 0 Å². The maximum absolute atomic E-state index is 6.37. The van der Waals surface area contributed by atoms with E-state index in [0.29, 0.717) is 6.04 Å². The lowest BCUT2D eigenvalue weighted by Crippen LogP contribution is -2.33. The third-order valence-corrected chi connectivity index (χ3v) is 4.59. The lowest BCUT2D eigenvalue weighted by Gasteiger charge is -2.31. The Morgan fingerprint density at radius 1 is 1.22 bits per heavy atom. The minimum absolute atomic E-state index is 0.385. The summed E-state index contributed by atoms with van der Waals surface area (Å²) in [4.78, 5) is 4.05. The average molecular weight is 246 g/mol. The summed E-state index contributed by atoms with van der Waals surface area (Å²) < 4.78 is 0. The molecule has 0 aliphatic heterocycles. The molecule has 1 unspecified atom stereocenters. The van der Waals surface area contributed by atoms with Gasteiger partial charge in [-0.1, -0.05) is 26.2 Å². The lowest BCUT2D eigenvalue weighted by atomic mass is 9.77. The number of nitrogens with zero attached hydrogens (tertiary/aromatic N) is 1. The lowest BCUT2D eigenvalue weighted by molar-refractivity contribution is 0.233. The summed E-state index contributed by atoms with van der Waals surface area (Å²) in [7, 11) is 0. The number of aryl methyl sites for hydroxylation is 1. The second-order valence-electron chi connectivity index (χ2n) is 5.75. The first-order valence-electron chi connectivity index (χ1n) is 7.44. The van der Waals surface area contributed by atoms with Gasteiger partial charge in [0, 0.05) is 18.4 Å². The molecule has 2 N–H and O–H groups in total. The molecule has 100 valence electrons. The molecule has 1 aromatic heterocycles. The van der Waals surface area contributed by atoms with Crippen LogP contribution in [0.3, 0.4) is 0 Å². The van der Waals surface area contributed by atoms with Gasteiger partial charge in [0.1, 0.15) is 0 Å². The highest BCUT2D eigenvalue weighted by molar-refractivity contribution is 5.09. The smallest absolute Gasteiger partial charge is 0.0270 e. The van der Waals surface area contributed by atoms with Crippen molar-refractivity contribution in [3.63, 3.8) is 0 Å². The molecule has 1 fully saturated rings. The van der Waals surface area contributed by atoms with Crippen molar-refractivity contribution < 1.29 is 0 Å². The van der Waals surface area contributed by atoms with Crippen molar-refractivity contribution in [3.05, 3.63) is 30.1 Å². The van der Waals surface area contributed by atoms with E-state index in [1.165, 1.54) is 37.7 Å². The number of aromatic nitrogens is 1. The minimum atomic E-state index is 0.385. The fraction of sp³-hybridized carbons (Fsp3) is 0.688. The number of pyridine rings is 1. The summed E-state index contributed by atoms with van der Waals surface area (Å²) in [5.41, 5.74) is 7.73. The molecule has 0 saturated heterocycles. The van der Waals surface area contributed by atoms with Gasteiger partial charge in [0.05, 0.1) is 0 Å². The summed E-state index contributed by atoms with van der Waals surface area (Å²) in [5.74, 6) is 1.73. The van der Waals surface area contributed by atoms with Crippen LogP contribution in [0.1, 0.15) is 51.0 Å². The van der Waals surface area contributed by atoms with Crippen molar-refractivity contribution in [3.8, 4) is 0 Å². The van der Waals surface area contributed by atoms with Crippen LogP contribution in [-0.4, -0.2) is 11.0 Å². The molecule has 0 spiro atoms. The van der Waals surface area contributed by atoms with Crippen LogP contribution in [0, 0.1) is 11.8 Å². The van der Waals surface area contributed by atoms with Gasteiger partial charge < -0.3 is 5.73 Å². The van der Waals surface area contributed by atoms with Crippen LogP contribution in [0.4, 0.5) is 0 Å². The molecular formula is C16H26N2. The average Bonchev–Trinajstić information content (AvgIpc) is 2.46. The highest BCUT2D eigenvalue weighted by Crippen LogP contribution is 2.32. The van der Waals surface area contributed by atoms with Crippen LogP contribution in [0.15, 0.2) is 24.5 Å². The van der Waals surface area contributed by atoms with Gasteiger partial charge in [0.2, 0.25) is 0 Å². The van der Waals surface area contributed by atoms with Gasteiger partial charge in [-0.2, -0.15) is 0 Å². The molecule has 1 saturated carbocycles. The Labute approximate surface area is 111 Å². The number of hydrogen-bond acceptors (Lipinski definition) is 2. The van der Waals surface area contributed by atoms with Crippen LogP contribution >= 0.6 is 0 Å². The fourth-order valence-electron chi connectivity index (χ4n) is 3.14. The summed E-state index contributed by atoms with van der Waals surface area (Å²) in [5, 5.41) is 0. The van der Waals surface area contributed by atoms with Gasteiger partial charge in [0.15, 0.2) is 0 Å². The topological polar surface area (TPSA) is 38.9 Å². The molecule has 1 heterocycles. The molecule has 0 radical (unpaired) electrons. The molecule has 1 atom stereocenters. The fourth-order valence-corrected chi connectivity index (χ4v) is 3.14. The number of nitrogens with two attached hydrogens (primary N) is 1. The Balaban J connectivity index is 1.73. The Hall–Kier alpha value is -0.890. The zero-order chi connectivity index (χ0) is 12.8. The van der Waals surface area contributed by atoms with Crippen molar-refractivity contribution in [1.29, 1.82) is 0 Å². The highest BCUT2D eigenvalue weighted by Gasteiger charge is 2.24. The van der Waals surface area contributed by atoms with E-state index in [1.54, 1.807) is 0 Å². The van der Waals surface area contributed by atoms with Crippen LogP contribution < -0.4 is 5.73 Å². The van der Waals surface area contributed by atoms with Gasteiger partial charge in [0.25, 0.3) is 0 Å². The first-order valence-corrected chi connectivity index (χ1v) is 7.44. The summed E-state index contributed by atoms with van der Waals surface area (Å²) in [6, 6.07) is 4.58. The van der Waals surface area contributed by atoms with Gasteiger partial charge in [-0.05, 0) is 55.2 Å². The van der Waals surface area contributed by atoms with E-state index in [4.69, 9.17) is 5.73 Å². The van der Waals surface area contributed by atoms with E-state index >= 15 is 0 Å². The highest BCUT2D eigenvalue weighted by atomic mass is 14.7. The third-order valence-electron chi connectivity index (χ3n) is 4.59. The Kier molecular flexibility index (Phi) is 5.18. The zero-order valence-corrected chi connectivity index (χ0v) is 11.5. The van der Waals surface area contributed by atoms with Gasteiger partial charge in [-0.15, -0.1) is 0 Å². The SMILES string of the molecule is CCC1CCC(C(N)CCc2ccncc2)CC1. The van der Waals surface area contributed by atoms with E-state index in [2.05, 4.69) is 24.0 Å². The van der Waals surface area contributed by atoms with Gasteiger partial charge in [-0.3, -0.25) is 4.98 Å². The van der Waals surface area contributed by atoms with Crippen molar-refractivity contribution in [2.45, 2.75) is 57.9 Å². The predicted octanol–water partition coefficient (Wildman–Crippen LogP) is 3.56. The summed E-state index contributed by atoms with van der Waals surface area (Å²) >= 11 is 0. The zero-order valence-electron chi connectivity index (χ0n) is 11.5. The predicted molar refractivity (Wildman–Crippen MR) is 76.3 cm³/mol. The van der Waals surface area contributed by atoms with E-state index in [-0.39, 0.29) is 0 Å². The van der Waals surface area contributed by atoms with Crippen molar-refractivity contribution in [2.75, 3.05) is 0 Å². The maximum Gasteiger partial charge on any atom is 0.0270 e. The molecule has 2 heteroatoms. The largest absolute Gasteiger partial charge is 0.327 e. The quantitative estimate of drug-likeness (QED) is 0.862. The molecular weight excluding hydrogens is 220 g/mol. The Bertz CT molecular complexity index is 328. The van der Waals surface area contributed by atoms with E-state index < -0.39 is 0 Å². The van der Waals surface area contributed by atoms with Crippen molar-refractivity contribution in [1.82, 2.24) is 4.98 Å². The molecule has 0 amide bonds. The molecule has 1 aliphatic carbocycles. The molecule has 0 aromatic carbocycles. The first-order chi connectivity index (χ1) is 8.79. The third kappa shape index (κ3) is 3.81. The second kappa shape index (κ2) is 6.89. The molecule has 0 bridgehead atoms. The monoisotopic (exact) mass is 246 g/mol. The minimum Gasteiger partial charge on any atom is -0.327 e. The van der Waals surface area contributed by atoms with Crippen molar-refractivity contribution in [2.24, 2.45) is 17.6 Å².